The molecule has 0 saturated carbocycles. The van der Waals surface area contributed by atoms with Crippen molar-refractivity contribution in [1.29, 1.82) is 0 Å². The fraction of sp³-hybridized carbons (Fsp3) is 0.541. The van der Waals surface area contributed by atoms with Crippen LogP contribution in [0.1, 0.15) is 79.2 Å². The molecule has 254 valence electrons. The van der Waals surface area contributed by atoms with Gasteiger partial charge in [-0.1, -0.05) is 75.4 Å². The molecule has 0 fully saturated rings. The summed E-state index contributed by atoms with van der Waals surface area (Å²) in [5, 5.41) is 12.0. The molecule has 0 unspecified atom stereocenters. The summed E-state index contributed by atoms with van der Waals surface area (Å²) in [4.78, 5) is 40.9. The van der Waals surface area contributed by atoms with Crippen molar-refractivity contribution < 1.29 is 23.9 Å². The largest absolute Gasteiger partial charge is 0.385 e. The van der Waals surface area contributed by atoms with Crippen molar-refractivity contribution >= 4 is 23.3 Å². The maximum atomic E-state index is 13.8. The number of fused-ring (bicyclic) bond motifs is 5. The first kappa shape index (κ1) is 36.0. The Hall–Kier alpha value is -3.89. The topological polar surface area (TPSA) is 116 Å². The Morgan fingerprint density at radius 2 is 1.64 bits per heavy atom. The Bertz CT molecular complexity index is 1540. The molecule has 0 atom stereocenters. The van der Waals surface area contributed by atoms with E-state index in [0.29, 0.717) is 45.7 Å². The molecular weight excluding hydrogens is 594 g/mol. The summed E-state index contributed by atoms with van der Waals surface area (Å²) in [7, 11) is 1.69. The average Bonchev–Trinajstić information content (AvgIpc) is 3.44. The lowest BCUT2D eigenvalue weighted by atomic mass is 9.80. The molecule has 4 rings (SSSR count). The van der Waals surface area contributed by atoms with E-state index < -0.39 is 11.0 Å². The minimum atomic E-state index is -0.466. The van der Waals surface area contributed by atoms with E-state index >= 15 is 0 Å². The monoisotopic (exact) mass is 645 g/mol. The van der Waals surface area contributed by atoms with E-state index in [1.54, 1.807) is 12.0 Å². The van der Waals surface area contributed by atoms with Crippen molar-refractivity contribution in [1.82, 2.24) is 20.3 Å². The van der Waals surface area contributed by atoms with Crippen LogP contribution in [0, 0.1) is 11.3 Å². The number of para-hydroxylation sites is 1. The molecule has 1 aliphatic heterocycles. The molecule has 1 aliphatic rings. The lowest BCUT2D eigenvalue weighted by Crippen LogP contribution is -2.36. The van der Waals surface area contributed by atoms with Gasteiger partial charge in [0.1, 0.15) is 11.5 Å². The molecule has 0 saturated heterocycles. The van der Waals surface area contributed by atoms with Gasteiger partial charge in [-0.05, 0) is 44.7 Å². The Kier molecular flexibility index (Phi) is 12.1. The van der Waals surface area contributed by atoms with E-state index in [1.165, 1.54) is 0 Å². The van der Waals surface area contributed by atoms with Gasteiger partial charge in [-0.25, -0.2) is 4.68 Å². The molecule has 47 heavy (non-hydrogen) atoms. The third-order valence-corrected chi connectivity index (χ3v) is 8.83. The number of methoxy groups -OCH3 is 1. The highest BCUT2D eigenvalue weighted by Gasteiger charge is 2.31. The van der Waals surface area contributed by atoms with E-state index in [2.05, 4.69) is 15.6 Å². The maximum Gasteiger partial charge on any atom is 0.227 e. The van der Waals surface area contributed by atoms with Crippen LogP contribution in [0.2, 0.25) is 0 Å². The standard InChI is InChI=1S/C37H51N5O5/c1-26(2)35(45)36(3,4)20-24-47-37(5,6)19-21-38-31(43)17-18-32(44)41-25-27-13-8-9-14-28(27)34-33(29-15-10-11-16-30(29)41)39-40-42(34)22-12-23-46-7/h8-11,13-16,26H,12,17-25H2,1-7H3,(H,38,43). The van der Waals surface area contributed by atoms with Crippen molar-refractivity contribution in [3.8, 4) is 22.5 Å². The minimum absolute atomic E-state index is 0.0131. The highest BCUT2D eigenvalue weighted by molar-refractivity contribution is 6.01. The Morgan fingerprint density at radius 1 is 0.936 bits per heavy atom. The van der Waals surface area contributed by atoms with E-state index in [0.717, 1.165) is 40.2 Å². The lowest BCUT2D eigenvalue weighted by molar-refractivity contribution is -0.132. The molecule has 1 N–H and O–H groups in total. The summed E-state index contributed by atoms with van der Waals surface area (Å²) in [6.07, 6.45) is 2.19. The zero-order valence-electron chi connectivity index (χ0n) is 29.1. The van der Waals surface area contributed by atoms with Crippen molar-refractivity contribution in [2.75, 3.05) is 31.8 Å². The van der Waals surface area contributed by atoms with Crippen molar-refractivity contribution in [2.24, 2.45) is 11.3 Å². The van der Waals surface area contributed by atoms with Crippen LogP contribution in [0.4, 0.5) is 5.69 Å². The number of nitrogens with zero attached hydrogens (tertiary/aromatic N) is 4. The van der Waals surface area contributed by atoms with Crippen LogP contribution in [0.25, 0.3) is 22.5 Å². The van der Waals surface area contributed by atoms with E-state index in [1.807, 2.05) is 94.8 Å². The van der Waals surface area contributed by atoms with Crippen molar-refractivity contribution in [3.63, 3.8) is 0 Å². The predicted octanol–water partition coefficient (Wildman–Crippen LogP) is 6.22. The molecule has 0 radical (unpaired) electrons. The van der Waals surface area contributed by atoms with Gasteiger partial charge in [-0.2, -0.15) is 0 Å². The Morgan fingerprint density at radius 3 is 2.36 bits per heavy atom. The number of aromatic nitrogens is 3. The van der Waals surface area contributed by atoms with Gasteiger partial charge < -0.3 is 19.7 Å². The number of amides is 2. The number of ketones is 1. The second-order valence-corrected chi connectivity index (χ2v) is 13.9. The zero-order valence-corrected chi connectivity index (χ0v) is 29.1. The van der Waals surface area contributed by atoms with Crippen LogP contribution in [0.5, 0.6) is 0 Å². The maximum absolute atomic E-state index is 13.8. The fourth-order valence-electron chi connectivity index (χ4n) is 6.06. The highest BCUT2D eigenvalue weighted by Crippen LogP contribution is 2.41. The van der Waals surface area contributed by atoms with Gasteiger partial charge in [0.25, 0.3) is 0 Å². The number of hydrogen-bond donors (Lipinski definition) is 1. The summed E-state index contributed by atoms with van der Waals surface area (Å²) in [5.41, 5.74) is 4.28. The lowest BCUT2D eigenvalue weighted by Gasteiger charge is -2.30. The summed E-state index contributed by atoms with van der Waals surface area (Å²) >= 11 is 0. The van der Waals surface area contributed by atoms with Crippen LogP contribution >= 0.6 is 0 Å². The second-order valence-electron chi connectivity index (χ2n) is 13.9. The first-order valence-corrected chi connectivity index (χ1v) is 16.7. The minimum Gasteiger partial charge on any atom is -0.385 e. The van der Waals surface area contributed by atoms with Gasteiger partial charge in [0.15, 0.2) is 0 Å². The number of benzene rings is 2. The molecule has 3 aromatic rings. The SMILES string of the molecule is COCCCn1nnc2c1-c1ccccc1CN(C(=O)CCC(=O)NCCC(C)(C)OCCC(C)(C)C(=O)C(C)C)c1ccccc1-2. The van der Waals surface area contributed by atoms with Gasteiger partial charge in [-0.3, -0.25) is 14.4 Å². The number of Topliss-reactive ketones (excluding diaryl/α,β-unsaturated/α-hetero) is 1. The zero-order chi connectivity index (χ0) is 34.2. The average molecular weight is 646 g/mol. The number of nitrogens with one attached hydrogen (secondary N) is 1. The number of carbonyl (C=O) groups is 3. The Balaban J connectivity index is 1.38. The normalized spacial score (nSPS) is 13.0. The molecule has 2 amide bonds. The van der Waals surface area contributed by atoms with Crippen LogP contribution in [-0.4, -0.2) is 65.1 Å². The van der Waals surface area contributed by atoms with Crippen LogP contribution < -0.4 is 10.2 Å². The molecule has 0 spiro atoms. The Labute approximate surface area is 279 Å². The molecule has 10 nitrogen and oxygen atoms in total. The summed E-state index contributed by atoms with van der Waals surface area (Å²) in [5.74, 6) is -0.100. The molecular formula is C37H51N5O5. The van der Waals surface area contributed by atoms with Crippen LogP contribution in [-0.2, 0) is 36.9 Å². The smallest absolute Gasteiger partial charge is 0.227 e. The highest BCUT2D eigenvalue weighted by atomic mass is 16.5. The summed E-state index contributed by atoms with van der Waals surface area (Å²) in [6.45, 7) is 14.3. The molecule has 2 heterocycles. The number of hydrogen-bond acceptors (Lipinski definition) is 7. The third kappa shape index (κ3) is 9.14. The molecule has 0 aliphatic carbocycles. The summed E-state index contributed by atoms with van der Waals surface area (Å²) < 4.78 is 13.3. The van der Waals surface area contributed by atoms with E-state index in [9.17, 15) is 14.4 Å². The second kappa shape index (κ2) is 15.8. The number of aryl methyl sites for hydroxylation is 1. The number of ether oxygens (including phenoxy) is 2. The predicted molar refractivity (Wildman–Crippen MR) is 184 cm³/mol. The fourth-order valence-corrected chi connectivity index (χ4v) is 6.06. The summed E-state index contributed by atoms with van der Waals surface area (Å²) in [6, 6.07) is 15.8. The number of rotatable bonds is 16. The quantitative estimate of drug-likeness (QED) is 0.184. The van der Waals surface area contributed by atoms with Gasteiger partial charge >= 0.3 is 0 Å². The van der Waals surface area contributed by atoms with Gasteiger partial charge in [0.2, 0.25) is 11.8 Å². The molecule has 10 heteroatoms. The molecule has 0 bridgehead atoms. The van der Waals surface area contributed by atoms with Gasteiger partial charge in [-0.15, -0.1) is 5.10 Å². The third-order valence-electron chi connectivity index (χ3n) is 8.83. The van der Waals surface area contributed by atoms with Gasteiger partial charge in [0, 0.05) is 68.7 Å². The first-order valence-electron chi connectivity index (χ1n) is 16.7. The number of carbonyl (C=O) groups excluding carboxylic acids is 3. The van der Waals surface area contributed by atoms with Crippen molar-refractivity contribution in [2.45, 2.75) is 92.3 Å². The van der Waals surface area contributed by atoms with Crippen LogP contribution in [0.3, 0.4) is 0 Å². The molecule has 1 aromatic heterocycles. The van der Waals surface area contributed by atoms with E-state index in [-0.39, 0.29) is 36.4 Å². The molecule has 2 aromatic carbocycles. The van der Waals surface area contributed by atoms with Crippen LogP contribution in [0.15, 0.2) is 48.5 Å². The number of anilines is 1. The first-order chi connectivity index (χ1) is 22.3. The van der Waals surface area contributed by atoms with E-state index in [4.69, 9.17) is 9.47 Å². The van der Waals surface area contributed by atoms with Crippen molar-refractivity contribution in [3.05, 3.63) is 54.1 Å². The van der Waals surface area contributed by atoms with Gasteiger partial charge in [0.05, 0.1) is 23.5 Å².